The molecular formula is C88H78F12N12O14S4. The summed E-state index contributed by atoms with van der Waals surface area (Å²) >= 11 is 21.9. The maximum absolute atomic E-state index is 13.5. The first-order chi connectivity index (χ1) is 60.5. The molecule has 4 amide bonds. The number of hydrogen-bond donors (Lipinski definition) is 5. The summed E-state index contributed by atoms with van der Waals surface area (Å²) in [6.45, 7) is 16.1. The summed E-state index contributed by atoms with van der Waals surface area (Å²) in [5, 5.41) is 82.0. The number of aliphatic hydroxyl groups excluding tert-OH is 4. The van der Waals surface area contributed by atoms with Gasteiger partial charge in [-0.15, -0.1) is 0 Å². The predicted molar refractivity (Wildman–Crippen MR) is 466 cm³/mol. The number of nitrogens with zero attached hydrogens (tertiary/aromatic N) is 12. The van der Waals surface area contributed by atoms with Crippen LogP contribution >= 0.6 is 48.9 Å². The Bertz CT molecular complexity index is 5720. The van der Waals surface area contributed by atoms with E-state index < -0.39 is 146 Å². The van der Waals surface area contributed by atoms with Crippen LogP contribution in [0.1, 0.15) is 114 Å². The number of nitriles is 4. The van der Waals surface area contributed by atoms with Crippen molar-refractivity contribution in [3.05, 3.63) is 214 Å². The lowest BCUT2D eigenvalue weighted by Gasteiger charge is -2.29. The summed E-state index contributed by atoms with van der Waals surface area (Å²) in [4.78, 5) is 62.9. The van der Waals surface area contributed by atoms with E-state index in [-0.39, 0.29) is 68.3 Å². The van der Waals surface area contributed by atoms with Gasteiger partial charge >= 0.3 is 24.7 Å². The SMILES string of the molecule is CC1(C)C(=O)N(c2ccc(C#N)c(C(F)(F)F)c2)C(=S)N1c1ccc(O)cc1.CC1(C)C(=O)N(c2ccc(C#N)c(C(F)(F)F)c2)C(=S)N1c1ccc(OC[C@@H](O)CO)cc1.CC1(C)C(=O)N(c2ccc(C#N)c(C(F)(F)F)c2)C(=S)N1c1ccc(OC[C@@H](O)CO)cc1.CC1(C)OCC(COc2ccc(N3C(=S)N(c4ccc(C#N)c(C(F)(F)F)c4)C(=O)C3(C)C)cc2)O1. The van der Waals surface area contributed by atoms with Crippen molar-refractivity contribution in [3.63, 3.8) is 0 Å². The molecule has 13 rings (SSSR count). The summed E-state index contributed by atoms with van der Waals surface area (Å²) < 4.78 is 189. The van der Waals surface area contributed by atoms with E-state index in [1.807, 2.05) is 13.8 Å². The third kappa shape index (κ3) is 20.8. The van der Waals surface area contributed by atoms with Gasteiger partial charge in [0.15, 0.2) is 26.2 Å². The molecule has 130 heavy (non-hydrogen) atoms. The number of aromatic hydroxyl groups is 1. The van der Waals surface area contributed by atoms with Crippen molar-refractivity contribution < 1.29 is 121 Å². The highest BCUT2D eigenvalue weighted by Crippen LogP contribution is 2.47. The third-order valence-corrected chi connectivity index (χ3v) is 22.1. The second kappa shape index (κ2) is 38.1. The van der Waals surface area contributed by atoms with Gasteiger partial charge in [-0.05, 0) is 288 Å². The average Bonchev–Trinajstić information content (AvgIpc) is 1.59. The van der Waals surface area contributed by atoms with Crippen LogP contribution in [-0.4, -0.2) is 156 Å². The first kappa shape index (κ1) is 99.4. The van der Waals surface area contributed by atoms with E-state index in [0.717, 1.165) is 68.1 Å². The highest BCUT2D eigenvalue weighted by Gasteiger charge is 2.56. The minimum absolute atomic E-state index is 0.00137. The van der Waals surface area contributed by atoms with Crippen molar-refractivity contribution >= 4 is 138 Å². The van der Waals surface area contributed by atoms with Crippen LogP contribution in [0, 0.1) is 45.3 Å². The molecule has 5 saturated heterocycles. The smallest absolute Gasteiger partial charge is 0.417 e. The lowest BCUT2D eigenvalue weighted by Crippen LogP contribution is -2.44. The van der Waals surface area contributed by atoms with E-state index in [9.17, 15) is 87.2 Å². The number of aliphatic hydroxyl groups is 4. The molecule has 3 atom stereocenters. The molecule has 26 nitrogen and oxygen atoms in total. The summed E-state index contributed by atoms with van der Waals surface area (Å²) in [5.74, 6) is -1.32. The molecule has 682 valence electrons. The highest BCUT2D eigenvalue weighted by molar-refractivity contribution is 7.81. The molecule has 5 N–H and O–H groups in total. The van der Waals surface area contributed by atoms with Crippen molar-refractivity contribution in [2.75, 3.05) is 78.8 Å². The Morgan fingerprint density at radius 2 is 0.608 bits per heavy atom. The molecule has 0 radical (unpaired) electrons. The number of benzene rings is 8. The van der Waals surface area contributed by atoms with Crippen molar-refractivity contribution in [2.45, 2.75) is 140 Å². The zero-order valence-electron chi connectivity index (χ0n) is 70.1. The van der Waals surface area contributed by atoms with Crippen molar-refractivity contribution in [2.24, 2.45) is 0 Å². The highest BCUT2D eigenvalue weighted by atomic mass is 32.1. The molecule has 5 aliphatic heterocycles. The maximum atomic E-state index is 13.5. The van der Waals surface area contributed by atoms with Crippen LogP contribution in [0.5, 0.6) is 23.0 Å². The normalized spacial score (nSPS) is 17.8. The summed E-state index contributed by atoms with van der Waals surface area (Å²) in [6, 6.07) is 43.8. The van der Waals surface area contributed by atoms with Gasteiger partial charge in [-0.3, -0.25) is 38.8 Å². The second-order valence-electron chi connectivity index (χ2n) is 31.7. The van der Waals surface area contributed by atoms with Gasteiger partial charge < -0.3 is 68.8 Å². The maximum Gasteiger partial charge on any atom is 0.417 e. The number of hydrogen-bond acceptors (Lipinski definition) is 22. The number of amides is 4. The van der Waals surface area contributed by atoms with Crippen LogP contribution in [0.4, 0.5) is 98.2 Å². The Morgan fingerprint density at radius 1 is 0.385 bits per heavy atom. The number of carbonyl (C=O) groups excluding carboxylic acids is 4. The number of anilines is 8. The monoisotopic (exact) mass is 1880 g/mol. The molecule has 5 fully saturated rings. The lowest BCUT2D eigenvalue weighted by atomic mass is 10.0. The van der Waals surface area contributed by atoms with Crippen LogP contribution < -0.4 is 53.4 Å². The van der Waals surface area contributed by atoms with Gasteiger partial charge in [-0.1, -0.05) is 0 Å². The van der Waals surface area contributed by atoms with Crippen molar-refractivity contribution in [1.29, 1.82) is 21.0 Å². The third-order valence-electron chi connectivity index (χ3n) is 20.6. The Labute approximate surface area is 757 Å². The van der Waals surface area contributed by atoms with Gasteiger partial charge in [-0.2, -0.15) is 73.7 Å². The van der Waals surface area contributed by atoms with Gasteiger partial charge in [0.25, 0.3) is 23.6 Å². The topological polar surface area (TPSA) is 337 Å². The van der Waals surface area contributed by atoms with Crippen LogP contribution in [-0.2, 0) is 53.4 Å². The van der Waals surface area contributed by atoms with Gasteiger partial charge in [0.1, 0.15) is 83.3 Å². The molecule has 5 heterocycles. The minimum atomic E-state index is -4.78. The van der Waals surface area contributed by atoms with E-state index in [0.29, 0.717) is 53.2 Å². The van der Waals surface area contributed by atoms with Gasteiger partial charge in [0.05, 0.1) is 111 Å². The molecule has 0 aromatic heterocycles. The fourth-order valence-corrected chi connectivity index (χ4v) is 16.1. The standard InChI is InChI=1S/C25H24F3N3O4S.2C22H20F3N3O4S.C19H14F3N3O2S/c1-23(2)21(32)30(17-6-5-15(12-29)20(11-17)25(26,27)28)22(36)31(23)16-7-9-18(10-8-16)33-13-19-14-34-24(3,4)35-19;2*1-21(2)19(31)27(15-4-3-13(10-26)18(9-15)22(23,24)25)20(33)28(21)14-5-7-17(8-6-14)32-12-16(30)11-29;1-18(2)16(27)24(17(28)25(18)12-5-7-14(26)8-6-12)13-4-3-11(10-23)15(9-13)19(20,21)22/h5-11,19H,13-14H2,1-4H3;2*3-9,16,29-30H,11-12H2,1-2H3;3-9,26H,1-2H3/t;2*16-;/m.00./s1. The summed E-state index contributed by atoms with van der Waals surface area (Å²) in [5.41, 5.74) is -9.75. The number of phenols is 1. The molecule has 0 saturated carbocycles. The molecule has 1 unspecified atom stereocenters. The minimum Gasteiger partial charge on any atom is -0.508 e. The number of rotatable bonds is 19. The molecule has 8 aromatic rings. The summed E-state index contributed by atoms with van der Waals surface area (Å²) in [7, 11) is 0. The first-order valence-electron chi connectivity index (χ1n) is 38.6. The number of halogens is 12. The largest absolute Gasteiger partial charge is 0.508 e. The molecule has 42 heteroatoms. The van der Waals surface area contributed by atoms with E-state index in [4.69, 9.17) is 104 Å². The average molecular weight is 1880 g/mol. The number of carbonyl (C=O) groups is 4. The fraction of sp³-hybridized carbons (Fsp3) is 0.318. The van der Waals surface area contributed by atoms with Crippen molar-refractivity contribution in [3.8, 4) is 47.3 Å². The van der Waals surface area contributed by atoms with Crippen LogP contribution in [0.2, 0.25) is 0 Å². The number of ether oxygens (including phenoxy) is 5. The molecular weight excluding hydrogens is 1810 g/mol. The van der Waals surface area contributed by atoms with E-state index in [1.54, 1.807) is 145 Å². The number of phenolic OH excluding ortho intramolecular Hbond substituents is 1. The fourth-order valence-electron chi connectivity index (χ4n) is 14.0. The molecule has 0 spiro atoms. The van der Waals surface area contributed by atoms with E-state index >= 15 is 0 Å². The second-order valence-corrected chi connectivity index (χ2v) is 33.1. The quantitative estimate of drug-likeness (QED) is 0.0371. The molecule has 0 aliphatic carbocycles. The molecule has 0 bridgehead atoms. The van der Waals surface area contributed by atoms with Crippen LogP contribution in [0.3, 0.4) is 0 Å². The first-order valence-corrected chi connectivity index (χ1v) is 40.3. The Hall–Kier alpha value is -12.7. The van der Waals surface area contributed by atoms with E-state index in [2.05, 4.69) is 0 Å². The Morgan fingerprint density at radius 3 is 0.815 bits per heavy atom. The van der Waals surface area contributed by atoms with Crippen LogP contribution in [0.15, 0.2) is 170 Å². The van der Waals surface area contributed by atoms with Crippen molar-refractivity contribution in [1.82, 2.24) is 0 Å². The lowest BCUT2D eigenvalue weighted by molar-refractivity contribution is -0.141. The van der Waals surface area contributed by atoms with Crippen LogP contribution in [0.25, 0.3) is 0 Å². The zero-order valence-corrected chi connectivity index (χ0v) is 73.4. The molecule has 8 aromatic carbocycles. The Kier molecular flexibility index (Phi) is 29.2. The summed E-state index contributed by atoms with van der Waals surface area (Å²) in [6.07, 6.45) is -21.3. The van der Waals surface area contributed by atoms with Gasteiger partial charge in [0.2, 0.25) is 0 Å². The predicted octanol–water partition coefficient (Wildman–Crippen LogP) is 15.7. The molecule has 5 aliphatic rings. The zero-order chi connectivity index (χ0) is 96.4. The van der Waals surface area contributed by atoms with E-state index in [1.165, 1.54) is 75.4 Å². The van der Waals surface area contributed by atoms with Gasteiger partial charge in [0, 0.05) is 22.7 Å². The number of thiocarbonyl (C=S) groups is 4. The van der Waals surface area contributed by atoms with Gasteiger partial charge in [-0.25, -0.2) is 0 Å². The number of alkyl halides is 12. The Balaban J connectivity index is 0.000000181.